The van der Waals surface area contributed by atoms with Gasteiger partial charge in [-0.2, -0.15) is 0 Å². The first-order valence-corrected chi connectivity index (χ1v) is 9.42. The Morgan fingerprint density at radius 1 is 0.742 bits per heavy atom. The molecular formula is C23H22O8. The van der Waals surface area contributed by atoms with Crippen LogP contribution in [0, 0.1) is 11.8 Å². The van der Waals surface area contributed by atoms with Gasteiger partial charge in [-0.05, 0) is 43.7 Å². The van der Waals surface area contributed by atoms with Crippen molar-refractivity contribution < 1.29 is 38.9 Å². The number of rotatable bonds is 9. The second-order valence-corrected chi connectivity index (χ2v) is 6.72. The number of esters is 2. The van der Waals surface area contributed by atoms with Crippen LogP contribution >= 0.6 is 0 Å². The van der Waals surface area contributed by atoms with E-state index in [1.54, 1.807) is 36.4 Å². The molecule has 2 aromatic rings. The number of carbonyl (C=O) groups is 4. The van der Waals surface area contributed by atoms with Crippen LogP contribution in [0.4, 0.5) is 0 Å². The quantitative estimate of drug-likeness (QED) is 0.355. The van der Waals surface area contributed by atoms with Crippen molar-refractivity contribution >= 4 is 23.9 Å². The van der Waals surface area contributed by atoms with Crippen LogP contribution in [-0.2, 0) is 19.2 Å². The summed E-state index contributed by atoms with van der Waals surface area (Å²) in [5, 5.41) is 18.8. The van der Waals surface area contributed by atoms with Crippen LogP contribution in [0.1, 0.15) is 20.3 Å². The molecule has 2 aromatic carbocycles. The largest absolute Gasteiger partial charge is 0.481 e. The molecule has 162 valence electrons. The van der Waals surface area contributed by atoms with E-state index in [-0.39, 0.29) is 17.1 Å². The van der Waals surface area contributed by atoms with E-state index in [1.165, 1.54) is 38.1 Å². The van der Waals surface area contributed by atoms with E-state index in [2.05, 4.69) is 0 Å². The highest BCUT2D eigenvalue weighted by Crippen LogP contribution is 2.29. The van der Waals surface area contributed by atoms with E-state index in [1.807, 2.05) is 0 Å². The van der Waals surface area contributed by atoms with Crippen molar-refractivity contribution in [1.82, 2.24) is 0 Å². The van der Waals surface area contributed by atoms with Gasteiger partial charge in [0.25, 0.3) is 0 Å². The lowest BCUT2D eigenvalue weighted by Gasteiger charge is -2.22. The van der Waals surface area contributed by atoms with Crippen LogP contribution in [0.5, 0.6) is 11.5 Å². The summed E-state index contributed by atoms with van der Waals surface area (Å²) in [6, 6.07) is 16.2. The smallest absolute Gasteiger partial charge is 0.332 e. The van der Waals surface area contributed by atoms with E-state index in [9.17, 15) is 24.3 Å². The zero-order valence-electron chi connectivity index (χ0n) is 17.0. The molecule has 0 aliphatic carbocycles. The number of para-hydroxylation sites is 2. The van der Waals surface area contributed by atoms with Gasteiger partial charge in [0.1, 0.15) is 11.5 Å². The van der Waals surface area contributed by atoms with Gasteiger partial charge < -0.3 is 19.7 Å². The number of hydrogen-bond donors (Lipinski definition) is 2. The van der Waals surface area contributed by atoms with Crippen molar-refractivity contribution in [3.63, 3.8) is 0 Å². The molecule has 0 saturated heterocycles. The second-order valence-electron chi connectivity index (χ2n) is 6.72. The zero-order valence-corrected chi connectivity index (χ0v) is 17.0. The average Bonchev–Trinajstić information content (AvgIpc) is 2.74. The molecule has 0 fully saturated rings. The molecule has 0 aliphatic heterocycles. The molecule has 31 heavy (non-hydrogen) atoms. The third-order valence-electron chi connectivity index (χ3n) is 4.50. The Bertz CT molecular complexity index is 918. The fourth-order valence-electron chi connectivity index (χ4n) is 2.99. The summed E-state index contributed by atoms with van der Waals surface area (Å²) in [4.78, 5) is 48.5. The first kappa shape index (κ1) is 23.3. The number of carboxylic acids is 2. The minimum Gasteiger partial charge on any atom is -0.481 e. The molecule has 0 aromatic heterocycles. The summed E-state index contributed by atoms with van der Waals surface area (Å²) in [5.74, 6) is -6.60. The lowest BCUT2D eigenvalue weighted by Crippen LogP contribution is -2.31. The molecule has 8 nitrogen and oxygen atoms in total. The number of hydrogen-bond acceptors (Lipinski definition) is 6. The highest BCUT2D eigenvalue weighted by molar-refractivity contribution is 5.96. The molecule has 0 aliphatic rings. The Morgan fingerprint density at radius 3 is 1.45 bits per heavy atom. The molecule has 2 N–H and O–H groups in total. The Kier molecular flexibility index (Phi) is 8.08. The Balaban J connectivity index is 2.41. The van der Waals surface area contributed by atoms with Gasteiger partial charge in [-0.25, -0.2) is 4.79 Å². The molecule has 2 rings (SSSR count). The van der Waals surface area contributed by atoms with Gasteiger partial charge in [-0.3, -0.25) is 14.4 Å². The van der Waals surface area contributed by atoms with Crippen LogP contribution in [0.2, 0.25) is 0 Å². The van der Waals surface area contributed by atoms with Crippen LogP contribution in [-0.4, -0.2) is 34.1 Å². The van der Waals surface area contributed by atoms with Crippen molar-refractivity contribution in [1.29, 1.82) is 0 Å². The molecule has 2 atom stereocenters. The third-order valence-corrected chi connectivity index (χ3v) is 4.50. The lowest BCUT2D eigenvalue weighted by molar-refractivity contribution is -0.141. The normalized spacial score (nSPS) is 12.2. The van der Waals surface area contributed by atoms with Gasteiger partial charge in [0.2, 0.25) is 0 Å². The van der Waals surface area contributed by atoms with Gasteiger partial charge >= 0.3 is 23.9 Å². The number of carboxylic acid groups (broad SMARTS) is 2. The van der Waals surface area contributed by atoms with E-state index >= 15 is 0 Å². The van der Waals surface area contributed by atoms with Gasteiger partial charge in [0.15, 0.2) is 0 Å². The van der Waals surface area contributed by atoms with Crippen molar-refractivity contribution in [2.75, 3.05) is 0 Å². The second kappa shape index (κ2) is 10.7. The van der Waals surface area contributed by atoms with Crippen LogP contribution in [0.15, 0.2) is 71.8 Å². The van der Waals surface area contributed by atoms with Gasteiger partial charge in [-0.1, -0.05) is 36.4 Å². The van der Waals surface area contributed by atoms with E-state index in [4.69, 9.17) is 14.6 Å². The number of aliphatic carboxylic acids is 2. The Hall–Kier alpha value is -3.94. The van der Waals surface area contributed by atoms with Crippen LogP contribution in [0.25, 0.3) is 0 Å². The summed E-state index contributed by atoms with van der Waals surface area (Å²) in [6.07, 6.45) is -0.878. The van der Waals surface area contributed by atoms with E-state index in [0.717, 1.165) is 0 Å². The summed E-state index contributed by atoms with van der Waals surface area (Å²) >= 11 is 0. The molecule has 0 amide bonds. The van der Waals surface area contributed by atoms with Gasteiger partial charge in [-0.15, -0.1) is 0 Å². The zero-order chi connectivity index (χ0) is 23.0. The maximum Gasteiger partial charge on any atom is 0.332 e. The van der Waals surface area contributed by atoms with Crippen molar-refractivity contribution in [2.45, 2.75) is 20.3 Å². The monoisotopic (exact) mass is 426 g/mol. The van der Waals surface area contributed by atoms with Gasteiger partial charge in [0.05, 0.1) is 18.3 Å². The molecule has 2 unspecified atom stereocenters. The highest BCUT2D eigenvalue weighted by atomic mass is 16.5. The Morgan fingerprint density at radius 2 is 1.13 bits per heavy atom. The molecule has 8 heteroatoms. The average molecular weight is 426 g/mol. The molecule has 0 radical (unpaired) electrons. The predicted molar refractivity (Wildman–Crippen MR) is 109 cm³/mol. The summed E-state index contributed by atoms with van der Waals surface area (Å²) in [7, 11) is 0. The third kappa shape index (κ3) is 6.53. The Labute approximate surface area is 178 Å². The minimum absolute atomic E-state index is 0.184. The molecule has 0 heterocycles. The molecule has 0 bridgehead atoms. The molecule has 0 spiro atoms. The first-order chi connectivity index (χ1) is 14.7. The van der Waals surface area contributed by atoms with E-state index in [0.29, 0.717) is 0 Å². The van der Waals surface area contributed by atoms with Crippen LogP contribution < -0.4 is 9.47 Å². The van der Waals surface area contributed by atoms with Crippen molar-refractivity contribution in [3.8, 4) is 11.5 Å². The van der Waals surface area contributed by atoms with Crippen molar-refractivity contribution in [3.05, 3.63) is 71.8 Å². The topological polar surface area (TPSA) is 127 Å². The fourth-order valence-corrected chi connectivity index (χ4v) is 2.99. The summed E-state index contributed by atoms with van der Waals surface area (Å²) in [6.45, 7) is 2.72. The molecule has 0 saturated carbocycles. The van der Waals surface area contributed by atoms with Crippen LogP contribution in [0.3, 0.4) is 0 Å². The SMILES string of the molecule is CC(C(=O)Oc1ccccc1)C(=C(CC(=O)O)C(=O)O)C(C)C(=O)Oc1ccccc1. The summed E-state index contributed by atoms with van der Waals surface area (Å²) in [5.41, 5.74) is -0.751. The highest BCUT2D eigenvalue weighted by Gasteiger charge is 2.34. The first-order valence-electron chi connectivity index (χ1n) is 9.42. The number of ether oxygens (including phenoxy) is 2. The van der Waals surface area contributed by atoms with Gasteiger partial charge in [0, 0.05) is 5.57 Å². The lowest BCUT2D eigenvalue weighted by atomic mass is 9.84. The summed E-state index contributed by atoms with van der Waals surface area (Å²) < 4.78 is 10.5. The van der Waals surface area contributed by atoms with E-state index < -0.39 is 47.7 Å². The number of benzene rings is 2. The number of carbonyl (C=O) groups excluding carboxylic acids is 2. The standard InChI is InChI=1S/C23H22O8/c1-14(22(28)30-16-9-5-3-6-10-16)20(18(21(26)27)13-19(24)25)15(2)23(29)31-17-11-7-4-8-12-17/h3-12,14-15H,13H2,1-2H3,(H,24,25)(H,26,27). The maximum atomic E-state index is 12.7. The fraction of sp³-hybridized carbons (Fsp3) is 0.217. The molecular weight excluding hydrogens is 404 g/mol. The minimum atomic E-state index is -1.55. The maximum absolute atomic E-state index is 12.7. The predicted octanol–water partition coefficient (Wildman–Crippen LogP) is 3.33. The van der Waals surface area contributed by atoms with Crippen molar-refractivity contribution in [2.24, 2.45) is 11.8 Å².